The first-order valence-corrected chi connectivity index (χ1v) is 7.52. The van der Waals surface area contributed by atoms with E-state index in [9.17, 15) is 0 Å². The zero-order valence-corrected chi connectivity index (χ0v) is 13.1. The van der Waals surface area contributed by atoms with Gasteiger partial charge < -0.3 is 10.5 Å². The Balaban J connectivity index is 2.13. The maximum atomic E-state index is 6.29. The molecule has 100 valence electrons. The van der Waals surface area contributed by atoms with Crippen molar-refractivity contribution in [3.8, 4) is 5.75 Å². The van der Waals surface area contributed by atoms with Gasteiger partial charge in [-0.3, -0.25) is 0 Å². The summed E-state index contributed by atoms with van der Waals surface area (Å²) in [5.74, 6) is 0.903. The van der Waals surface area contributed by atoms with Gasteiger partial charge in [-0.2, -0.15) is 0 Å². The van der Waals surface area contributed by atoms with Crippen LogP contribution in [0.25, 0.3) is 0 Å². The van der Waals surface area contributed by atoms with Crippen molar-refractivity contribution in [3.05, 3.63) is 63.2 Å². The van der Waals surface area contributed by atoms with Crippen molar-refractivity contribution in [2.75, 3.05) is 6.61 Å². The quantitative estimate of drug-likeness (QED) is 0.807. The standard InChI is InChI=1S/C16H18INO/c1-2-10-19-15-8-6-12(7-9-15)16(18)13-4-3-5-14(17)11-13/h3-9,11,16H,2,10,18H2,1H3. The fraction of sp³-hybridized carbons (Fsp3) is 0.250. The van der Waals surface area contributed by atoms with Gasteiger partial charge in [0.25, 0.3) is 0 Å². The molecule has 0 saturated carbocycles. The fourth-order valence-corrected chi connectivity index (χ4v) is 2.45. The Morgan fingerprint density at radius 3 is 2.47 bits per heavy atom. The average molecular weight is 367 g/mol. The normalized spacial score (nSPS) is 12.2. The first kappa shape index (κ1) is 14.3. The summed E-state index contributed by atoms with van der Waals surface area (Å²) in [6.45, 7) is 2.85. The minimum atomic E-state index is -0.0880. The lowest BCUT2D eigenvalue weighted by Gasteiger charge is -2.13. The van der Waals surface area contributed by atoms with Crippen LogP contribution in [-0.2, 0) is 0 Å². The Morgan fingerprint density at radius 1 is 1.11 bits per heavy atom. The van der Waals surface area contributed by atoms with E-state index in [1.807, 2.05) is 30.3 Å². The molecule has 0 fully saturated rings. The van der Waals surface area contributed by atoms with E-state index in [0.29, 0.717) is 0 Å². The van der Waals surface area contributed by atoms with E-state index in [-0.39, 0.29) is 6.04 Å². The van der Waals surface area contributed by atoms with Gasteiger partial charge in [-0.1, -0.05) is 31.2 Å². The number of halogens is 1. The molecule has 0 aliphatic rings. The van der Waals surface area contributed by atoms with Gasteiger partial charge in [-0.25, -0.2) is 0 Å². The van der Waals surface area contributed by atoms with Crippen molar-refractivity contribution in [1.29, 1.82) is 0 Å². The largest absolute Gasteiger partial charge is 0.494 e. The maximum Gasteiger partial charge on any atom is 0.119 e. The first-order valence-electron chi connectivity index (χ1n) is 6.44. The van der Waals surface area contributed by atoms with E-state index < -0.39 is 0 Å². The maximum absolute atomic E-state index is 6.29. The first-order chi connectivity index (χ1) is 9.20. The van der Waals surface area contributed by atoms with Crippen molar-refractivity contribution in [1.82, 2.24) is 0 Å². The monoisotopic (exact) mass is 367 g/mol. The Labute approximate surface area is 128 Å². The van der Waals surface area contributed by atoms with E-state index in [0.717, 1.165) is 29.9 Å². The highest BCUT2D eigenvalue weighted by atomic mass is 127. The molecule has 1 unspecified atom stereocenters. The van der Waals surface area contributed by atoms with Crippen LogP contribution in [0, 0.1) is 3.57 Å². The molecule has 0 aliphatic heterocycles. The van der Waals surface area contributed by atoms with E-state index in [1.165, 1.54) is 3.57 Å². The van der Waals surface area contributed by atoms with Gasteiger partial charge >= 0.3 is 0 Å². The topological polar surface area (TPSA) is 35.2 Å². The van der Waals surface area contributed by atoms with Crippen LogP contribution in [0.1, 0.15) is 30.5 Å². The molecule has 0 bridgehead atoms. The molecule has 2 aromatic carbocycles. The van der Waals surface area contributed by atoms with E-state index in [1.54, 1.807) is 0 Å². The third-order valence-electron chi connectivity index (χ3n) is 2.92. The molecule has 19 heavy (non-hydrogen) atoms. The minimum Gasteiger partial charge on any atom is -0.494 e. The number of ether oxygens (including phenoxy) is 1. The molecule has 0 aromatic heterocycles. The van der Waals surface area contributed by atoms with Crippen LogP contribution in [-0.4, -0.2) is 6.61 Å². The van der Waals surface area contributed by atoms with Gasteiger partial charge in [0.15, 0.2) is 0 Å². The molecule has 0 saturated heterocycles. The van der Waals surface area contributed by atoms with Crippen LogP contribution < -0.4 is 10.5 Å². The smallest absolute Gasteiger partial charge is 0.119 e. The second-order valence-corrected chi connectivity index (χ2v) is 5.70. The highest BCUT2D eigenvalue weighted by Crippen LogP contribution is 2.23. The molecule has 1 atom stereocenters. The Kier molecular flexibility index (Phi) is 5.22. The summed E-state index contributed by atoms with van der Waals surface area (Å²) in [5, 5.41) is 0. The van der Waals surface area contributed by atoms with Gasteiger partial charge in [0.1, 0.15) is 5.75 Å². The Morgan fingerprint density at radius 2 is 1.84 bits per heavy atom. The lowest BCUT2D eigenvalue weighted by molar-refractivity contribution is 0.317. The van der Waals surface area contributed by atoms with Crippen LogP contribution in [0.5, 0.6) is 5.75 Å². The molecule has 2 nitrogen and oxygen atoms in total. The van der Waals surface area contributed by atoms with Crippen molar-refractivity contribution < 1.29 is 4.74 Å². The summed E-state index contributed by atoms with van der Waals surface area (Å²) >= 11 is 2.30. The van der Waals surface area contributed by atoms with Gasteiger partial charge in [0.2, 0.25) is 0 Å². The minimum absolute atomic E-state index is 0.0880. The summed E-state index contributed by atoms with van der Waals surface area (Å²) in [6.07, 6.45) is 1.02. The summed E-state index contributed by atoms with van der Waals surface area (Å²) in [4.78, 5) is 0. The van der Waals surface area contributed by atoms with Crippen LogP contribution >= 0.6 is 22.6 Å². The van der Waals surface area contributed by atoms with Gasteiger partial charge in [0, 0.05) is 3.57 Å². The SMILES string of the molecule is CCCOc1ccc(C(N)c2cccc(I)c2)cc1. The summed E-state index contributed by atoms with van der Waals surface area (Å²) in [6, 6.07) is 16.2. The molecule has 0 heterocycles. The molecule has 3 heteroatoms. The van der Waals surface area contributed by atoms with Crippen LogP contribution in [0.3, 0.4) is 0 Å². The van der Waals surface area contributed by atoms with Gasteiger partial charge in [0.05, 0.1) is 12.6 Å². The molecular formula is C16H18INO. The Bertz CT molecular complexity index is 525. The van der Waals surface area contributed by atoms with Crippen molar-refractivity contribution >= 4 is 22.6 Å². The molecule has 0 amide bonds. The predicted octanol–water partition coefficient (Wildman–Crippen LogP) is 4.13. The van der Waals surface area contributed by atoms with Crippen molar-refractivity contribution in [3.63, 3.8) is 0 Å². The Hall–Kier alpha value is -1.07. The molecule has 0 aliphatic carbocycles. The van der Waals surface area contributed by atoms with Crippen molar-refractivity contribution in [2.45, 2.75) is 19.4 Å². The van der Waals surface area contributed by atoms with Gasteiger partial charge in [-0.05, 0) is 64.4 Å². The third-order valence-corrected chi connectivity index (χ3v) is 3.59. The predicted molar refractivity (Wildman–Crippen MR) is 87.4 cm³/mol. The summed E-state index contributed by atoms with van der Waals surface area (Å²) in [7, 11) is 0. The number of hydrogen-bond acceptors (Lipinski definition) is 2. The van der Waals surface area contributed by atoms with E-state index in [4.69, 9.17) is 10.5 Å². The summed E-state index contributed by atoms with van der Waals surface area (Å²) < 4.78 is 6.77. The molecule has 0 radical (unpaired) electrons. The summed E-state index contributed by atoms with van der Waals surface area (Å²) in [5.41, 5.74) is 8.53. The zero-order chi connectivity index (χ0) is 13.7. The van der Waals surface area contributed by atoms with Crippen LogP contribution in [0.2, 0.25) is 0 Å². The van der Waals surface area contributed by atoms with Crippen LogP contribution in [0.4, 0.5) is 0 Å². The number of hydrogen-bond donors (Lipinski definition) is 1. The molecule has 2 aromatic rings. The average Bonchev–Trinajstić information content (AvgIpc) is 2.45. The van der Waals surface area contributed by atoms with E-state index in [2.05, 4.69) is 47.7 Å². The molecule has 0 spiro atoms. The second-order valence-electron chi connectivity index (χ2n) is 4.45. The van der Waals surface area contributed by atoms with Crippen molar-refractivity contribution in [2.24, 2.45) is 5.73 Å². The lowest BCUT2D eigenvalue weighted by Crippen LogP contribution is -2.11. The second kappa shape index (κ2) is 6.91. The highest BCUT2D eigenvalue weighted by molar-refractivity contribution is 14.1. The molecule has 2 N–H and O–H groups in total. The van der Waals surface area contributed by atoms with Gasteiger partial charge in [-0.15, -0.1) is 0 Å². The molecule has 2 rings (SSSR count). The lowest BCUT2D eigenvalue weighted by atomic mass is 10.00. The fourth-order valence-electron chi connectivity index (χ4n) is 1.88. The molecular weight excluding hydrogens is 349 g/mol. The number of benzene rings is 2. The van der Waals surface area contributed by atoms with Crippen LogP contribution in [0.15, 0.2) is 48.5 Å². The zero-order valence-electron chi connectivity index (χ0n) is 11.0. The number of rotatable bonds is 5. The third kappa shape index (κ3) is 3.94. The number of nitrogens with two attached hydrogens (primary N) is 1. The van der Waals surface area contributed by atoms with E-state index >= 15 is 0 Å². The highest BCUT2D eigenvalue weighted by Gasteiger charge is 2.09.